The number of furan rings is 2. The van der Waals surface area contributed by atoms with Crippen molar-refractivity contribution in [3.05, 3.63) is 90.1 Å². The Labute approximate surface area is 184 Å². The molecule has 0 aliphatic carbocycles. The van der Waals surface area contributed by atoms with E-state index in [0.717, 1.165) is 11.0 Å². The first kappa shape index (κ1) is 19.8. The summed E-state index contributed by atoms with van der Waals surface area (Å²) in [6.45, 7) is 1.48. The van der Waals surface area contributed by atoms with Crippen molar-refractivity contribution in [3.8, 4) is 0 Å². The summed E-state index contributed by atoms with van der Waals surface area (Å²) in [5, 5.41) is 10.1. The van der Waals surface area contributed by atoms with Gasteiger partial charge in [-0.05, 0) is 43.3 Å². The zero-order valence-corrected chi connectivity index (χ0v) is 17.4. The van der Waals surface area contributed by atoms with E-state index in [9.17, 15) is 9.59 Å². The van der Waals surface area contributed by atoms with Crippen molar-refractivity contribution < 1.29 is 18.4 Å². The number of hydrogen-bond acceptors (Lipinski definition) is 6. The monoisotopic (exact) mass is 427 g/mol. The zero-order valence-electron chi connectivity index (χ0n) is 17.4. The van der Waals surface area contributed by atoms with Gasteiger partial charge in [0, 0.05) is 23.1 Å². The van der Waals surface area contributed by atoms with Crippen LogP contribution in [0.3, 0.4) is 0 Å². The molecule has 2 aromatic heterocycles. The van der Waals surface area contributed by atoms with Gasteiger partial charge in [-0.2, -0.15) is 5.10 Å². The van der Waals surface area contributed by atoms with Gasteiger partial charge in [-0.25, -0.2) is 5.01 Å². The fourth-order valence-electron chi connectivity index (χ4n) is 3.91. The third kappa shape index (κ3) is 3.69. The molecule has 0 bridgehead atoms. The van der Waals surface area contributed by atoms with E-state index in [1.165, 1.54) is 11.9 Å². The average Bonchev–Trinajstić information content (AvgIpc) is 3.56. The molecule has 7 heteroatoms. The second kappa shape index (κ2) is 8.19. The van der Waals surface area contributed by atoms with Crippen molar-refractivity contribution >= 4 is 34.1 Å². The minimum absolute atomic E-state index is 0.0155. The van der Waals surface area contributed by atoms with Gasteiger partial charge in [0.25, 0.3) is 5.91 Å². The van der Waals surface area contributed by atoms with Crippen LogP contribution in [0, 0.1) is 0 Å². The number of amides is 1. The van der Waals surface area contributed by atoms with Crippen molar-refractivity contribution in [2.75, 3.05) is 11.9 Å². The topological polar surface area (TPSA) is 88.0 Å². The van der Waals surface area contributed by atoms with E-state index < -0.39 is 0 Å². The first-order valence-electron chi connectivity index (χ1n) is 10.4. The van der Waals surface area contributed by atoms with E-state index in [2.05, 4.69) is 10.4 Å². The number of nitrogens with zero attached hydrogens (tertiary/aromatic N) is 2. The number of ketones is 1. The quantitative estimate of drug-likeness (QED) is 0.437. The summed E-state index contributed by atoms with van der Waals surface area (Å²) in [6.07, 6.45) is 2.06. The Kier molecular flexibility index (Phi) is 5.07. The van der Waals surface area contributed by atoms with E-state index in [1.54, 1.807) is 30.5 Å². The molecule has 1 atom stereocenters. The van der Waals surface area contributed by atoms with Gasteiger partial charge in [-0.1, -0.05) is 30.3 Å². The normalized spacial score (nSPS) is 15.7. The number of para-hydroxylation sites is 2. The van der Waals surface area contributed by atoms with Crippen LogP contribution in [0.1, 0.15) is 41.3 Å². The number of rotatable bonds is 6. The van der Waals surface area contributed by atoms with Gasteiger partial charge in [-0.3, -0.25) is 9.59 Å². The first-order chi connectivity index (χ1) is 15.6. The standard InChI is InChI=1S/C25H21N3O4/c1-16(29)18-8-3-4-9-19(18)26-15-25(30)28-21(23-11-6-12-31-23)14-20(27-28)24-13-17-7-2-5-10-22(17)32-24/h2-13,21,26H,14-15H2,1H3. The van der Waals surface area contributed by atoms with Crippen molar-refractivity contribution in [2.45, 2.75) is 19.4 Å². The third-order valence-electron chi connectivity index (χ3n) is 5.48. The second-order valence-corrected chi connectivity index (χ2v) is 7.62. The molecule has 3 heterocycles. The van der Waals surface area contributed by atoms with E-state index in [0.29, 0.717) is 34.9 Å². The Balaban J connectivity index is 1.41. The molecule has 1 amide bonds. The van der Waals surface area contributed by atoms with Crippen molar-refractivity contribution in [3.63, 3.8) is 0 Å². The van der Waals surface area contributed by atoms with Gasteiger partial charge in [-0.15, -0.1) is 0 Å². The number of benzene rings is 2. The van der Waals surface area contributed by atoms with Crippen LogP contribution in [-0.4, -0.2) is 29.0 Å². The predicted octanol–water partition coefficient (Wildman–Crippen LogP) is 5.02. The number of hydrogen-bond donors (Lipinski definition) is 1. The molecule has 160 valence electrons. The van der Waals surface area contributed by atoms with E-state index in [-0.39, 0.29) is 24.3 Å². The predicted molar refractivity (Wildman–Crippen MR) is 121 cm³/mol. The number of anilines is 1. The lowest BCUT2D eigenvalue weighted by Gasteiger charge is -2.20. The molecular weight excluding hydrogens is 406 g/mol. The van der Waals surface area contributed by atoms with Crippen LogP contribution in [-0.2, 0) is 4.79 Å². The molecule has 5 rings (SSSR count). The maximum Gasteiger partial charge on any atom is 0.262 e. The maximum atomic E-state index is 13.2. The van der Waals surface area contributed by atoms with E-state index in [1.807, 2.05) is 42.5 Å². The molecule has 0 saturated heterocycles. The highest BCUT2D eigenvalue weighted by Crippen LogP contribution is 2.34. The Morgan fingerprint density at radius 1 is 1.09 bits per heavy atom. The summed E-state index contributed by atoms with van der Waals surface area (Å²) in [6, 6.07) is 20.0. The van der Waals surface area contributed by atoms with Crippen LogP contribution in [0.25, 0.3) is 11.0 Å². The lowest BCUT2D eigenvalue weighted by molar-refractivity contribution is -0.131. The Bertz CT molecular complexity index is 1290. The fourth-order valence-corrected chi connectivity index (χ4v) is 3.91. The molecule has 1 aliphatic heterocycles. The summed E-state index contributed by atoms with van der Waals surface area (Å²) in [5.74, 6) is 0.974. The van der Waals surface area contributed by atoms with Gasteiger partial charge < -0.3 is 14.2 Å². The highest BCUT2D eigenvalue weighted by atomic mass is 16.3. The highest BCUT2D eigenvalue weighted by Gasteiger charge is 2.35. The minimum Gasteiger partial charge on any atom is -0.467 e. The van der Waals surface area contributed by atoms with Gasteiger partial charge in [0.2, 0.25) is 0 Å². The minimum atomic E-state index is -0.370. The highest BCUT2D eigenvalue weighted by molar-refractivity contribution is 6.04. The summed E-state index contributed by atoms with van der Waals surface area (Å²) >= 11 is 0. The largest absolute Gasteiger partial charge is 0.467 e. The van der Waals surface area contributed by atoms with Crippen LogP contribution in [0.2, 0.25) is 0 Å². The SMILES string of the molecule is CC(=O)c1ccccc1NCC(=O)N1N=C(c2cc3ccccc3o2)CC1c1ccco1. The zero-order chi connectivity index (χ0) is 22.1. The third-order valence-corrected chi connectivity index (χ3v) is 5.48. The Morgan fingerprint density at radius 2 is 1.91 bits per heavy atom. The Hall–Kier alpha value is -4.13. The lowest BCUT2D eigenvalue weighted by Crippen LogP contribution is -2.32. The molecule has 1 aliphatic rings. The summed E-state index contributed by atoms with van der Waals surface area (Å²) in [7, 11) is 0. The molecule has 1 N–H and O–H groups in total. The Morgan fingerprint density at radius 3 is 2.69 bits per heavy atom. The van der Waals surface area contributed by atoms with Gasteiger partial charge in [0.05, 0.1) is 12.8 Å². The van der Waals surface area contributed by atoms with Gasteiger partial charge in [0.1, 0.15) is 23.1 Å². The van der Waals surface area contributed by atoms with Crippen LogP contribution < -0.4 is 5.32 Å². The molecule has 1 unspecified atom stereocenters. The number of carbonyl (C=O) groups is 2. The average molecular weight is 427 g/mol. The molecule has 2 aromatic carbocycles. The van der Waals surface area contributed by atoms with Crippen molar-refractivity contribution in [2.24, 2.45) is 5.10 Å². The lowest BCUT2D eigenvalue weighted by atomic mass is 10.1. The molecule has 0 spiro atoms. The van der Waals surface area contributed by atoms with Gasteiger partial charge >= 0.3 is 0 Å². The van der Waals surface area contributed by atoms with Crippen molar-refractivity contribution in [1.82, 2.24) is 5.01 Å². The van der Waals surface area contributed by atoms with Crippen LogP contribution >= 0.6 is 0 Å². The molecule has 0 fully saturated rings. The first-order valence-corrected chi connectivity index (χ1v) is 10.4. The van der Waals surface area contributed by atoms with E-state index in [4.69, 9.17) is 8.83 Å². The molecule has 0 radical (unpaired) electrons. The molecular formula is C25H21N3O4. The van der Waals surface area contributed by atoms with Crippen molar-refractivity contribution in [1.29, 1.82) is 0 Å². The number of hydrazone groups is 1. The summed E-state index contributed by atoms with van der Waals surface area (Å²) < 4.78 is 11.6. The smallest absolute Gasteiger partial charge is 0.262 e. The fraction of sp³-hybridized carbons (Fsp3) is 0.160. The van der Waals surface area contributed by atoms with E-state index >= 15 is 0 Å². The summed E-state index contributed by atoms with van der Waals surface area (Å²) in [5.41, 5.74) is 2.60. The number of nitrogens with one attached hydrogen (secondary N) is 1. The van der Waals surface area contributed by atoms with Crippen LogP contribution in [0.15, 0.2) is 86.9 Å². The summed E-state index contributed by atoms with van der Waals surface area (Å²) in [4.78, 5) is 25.0. The van der Waals surface area contributed by atoms with Crippen LogP contribution in [0.4, 0.5) is 5.69 Å². The molecule has 4 aromatic rings. The second-order valence-electron chi connectivity index (χ2n) is 7.62. The molecule has 32 heavy (non-hydrogen) atoms. The number of Topliss-reactive ketones (excluding diaryl/α,β-unsaturated/α-hetero) is 1. The molecule has 0 saturated carbocycles. The number of fused-ring (bicyclic) bond motifs is 1. The van der Waals surface area contributed by atoms with Gasteiger partial charge in [0.15, 0.2) is 11.5 Å². The number of carbonyl (C=O) groups excluding carboxylic acids is 2. The maximum absolute atomic E-state index is 13.2. The molecule has 7 nitrogen and oxygen atoms in total. The van der Waals surface area contributed by atoms with Crippen LogP contribution in [0.5, 0.6) is 0 Å².